The third-order valence-electron chi connectivity index (χ3n) is 8.04. The molecule has 0 spiro atoms. The lowest BCUT2D eigenvalue weighted by atomic mass is 9.75. The van der Waals surface area contributed by atoms with E-state index in [1.165, 1.54) is 36.4 Å². The van der Waals surface area contributed by atoms with Gasteiger partial charge in [-0.25, -0.2) is 8.42 Å². The van der Waals surface area contributed by atoms with Crippen LogP contribution in [0.3, 0.4) is 0 Å². The zero-order chi connectivity index (χ0) is 23.5. The smallest absolute Gasteiger partial charge is 0.243 e. The summed E-state index contributed by atoms with van der Waals surface area (Å²) in [4.78, 5) is 17.9. The summed E-state index contributed by atoms with van der Waals surface area (Å²) in [6, 6.07) is 5.20. The predicted octanol–water partition coefficient (Wildman–Crippen LogP) is 2.76. The number of morpholine rings is 1. The predicted molar refractivity (Wildman–Crippen MR) is 133 cm³/mol. The second-order valence-corrected chi connectivity index (χ2v) is 12.2. The number of carbonyl (C=O) groups is 1. The molecule has 3 aliphatic heterocycles. The summed E-state index contributed by atoms with van der Waals surface area (Å²) in [5.41, 5.74) is 1.52. The number of sulfonamides is 1. The highest BCUT2D eigenvalue weighted by atomic mass is 32.2. The van der Waals surface area contributed by atoms with E-state index in [0.717, 1.165) is 56.5 Å². The van der Waals surface area contributed by atoms with E-state index >= 15 is 0 Å². The highest BCUT2D eigenvalue weighted by Crippen LogP contribution is 2.36. The minimum atomic E-state index is -3.63. The fourth-order valence-electron chi connectivity index (χ4n) is 6.16. The third kappa shape index (κ3) is 5.27. The van der Waals surface area contributed by atoms with Crippen molar-refractivity contribution in [2.45, 2.75) is 49.8 Å². The summed E-state index contributed by atoms with van der Waals surface area (Å²) in [6.07, 6.45) is 8.69. The molecular weight excluding hydrogens is 452 g/mol. The molecule has 188 valence electrons. The molecule has 1 aliphatic carbocycles. The number of benzene rings is 1. The number of likely N-dealkylation sites (tertiary alicyclic amines) is 1. The van der Waals surface area contributed by atoms with E-state index in [4.69, 9.17) is 4.74 Å². The summed E-state index contributed by atoms with van der Waals surface area (Å²) in [6.45, 7) is 5.72. The number of rotatable bonds is 6. The van der Waals surface area contributed by atoms with E-state index in [2.05, 4.69) is 15.1 Å². The fourth-order valence-corrected chi connectivity index (χ4v) is 7.59. The second-order valence-electron chi connectivity index (χ2n) is 10.3. The minimum absolute atomic E-state index is 0.0596. The molecule has 1 aromatic rings. The first-order valence-electron chi connectivity index (χ1n) is 13.0. The van der Waals surface area contributed by atoms with Gasteiger partial charge < -0.3 is 15.0 Å². The first-order valence-corrected chi connectivity index (χ1v) is 14.4. The van der Waals surface area contributed by atoms with Gasteiger partial charge in [-0.1, -0.05) is 19.3 Å². The standard InChI is InChI=1S/C25H38N4O4S/c30-25(19-27-12-9-20-5-1-2-6-21(20)18-27)26-23-17-22(7-8-24(23)28-10-3-4-11-28)34(31,32)29-13-15-33-16-14-29/h7-8,17,20-21H,1-6,9-16,18-19H2,(H,26,30)/t20-,21-/m1/s1. The monoisotopic (exact) mass is 490 g/mol. The molecule has 1 aromatic carbocycles. The molecule has 34 heavy (non-hydrogen) atoms. The topological polar surface area (TPSA) is 82.2 Å². The summed E-state index contributed by atoms with van der Waals surface area (Å²) in [5, 5.41) is 3.09. The Bertz CT molecular complexity index is 973. The maximum atomic E-state index is 13.2. The van der Waals surface area contributed by atoms with Crippen LogP contribution < -0.4 is 10.2 Å². The Balaban J connectivity index is 1.32. The van der Waals surface area contributed by atoms with Crippen LogP contribution in [0.25, 0.3) is 0 Å². The van der Waals surface area contributed by atoms with Gasteiger partial charge in [0.05, 0.1) is 36.0 Å². The van der Waals surface area contributed by atoms with Crippen LogP contribution in [-0.4, -0.2) is 82.6 Å². The van der Waals surface area contributed by atoms with Crippen molar-refractivity contribution in [3.8, 4) is 0 Å². The number of fused-ring (bicyclic) bond motifs is 1. The van der Waals surface area contributed by atoms with Gasteiger partial charge in [-0.2, -0.15) is 4.31 Å². The summed E-state index contributed by atoms with van der Waals surface area (Å²) in [5.74, 6) is 1.49. The Morgan fingerprint density at radius 2 is 1.68 bits per heavy atom. The number of amides is 1. The zero-order valence-electron chi connectivity index (χ0n) is 20.1. The van der Waals surface area contributed by atoms with Crippen molar-refractivity contribution in [1.29, 1.82) is 0 Å². The van der Waals surface area contributed by atoms with Crippen LogP contribution in [0.4, 0.5) is 11.4 Å². The molecule has 0 radical (unpaired) electrons. The van der Waals surface area contributed by atoms with Crippen LogP contribution >= 0.6 is 0 Å². The molecule has 1 amide bonds. The van der Waals surface area contributed by atoms with Crippen molar-refractivity contribution in [3.63, 3.8) is 0 Å². The van der Waals surface area contributed by atoms with Gasteiger partial charge in [0.25, 0.3) is 0 Å². The number of anilines is 2. The molecular formula is C25H38N4O4S. The molecule has 1 N–H and O–H groups in total. The maximum Gasteiger partial charge on any atom is 0.243 e. The molecule has 3 heterocycles. The van der Waals surface area contributed by atoms with Crippen LogP contribution in [0.2, 0.25) is 0 Å². The number of ether oxygens (including phenoxy) is 1. The Kier molecular flexibility index (Phi) is 7.44. The molecule has 4 aliphatic rings. The first kappa shape index (κ1) is 24.0. The number of hydrogen-bond donors (Lipinski definition) is 1. The molecule has 4 fully saturated rings. The van der Waals surface area contributed by atoms with E-state index in [1.807, 2.05) is 6.07 Å². The van der Waals surface area contributed by atoms with Crippen molar-refractivity contribution < 1.29 is 17.9 Å². The molecule has 1 saturated carbocycles. The van der Waals surface area contributed by atoms with Crippen LogP contribution in [0.1, 0.15) is 44.9 Å². The van der Waals surface area contributed by atoms with Crippen LogP contribution in [0.5, 0.6) is 0 Å². The lowest BCUT2D eigenvalue weighted by Crippen LogP contribution is -2.45. The SMILES string of the molecule is O=C(CN1CC[C@H]2CCCC[C@@H]2C1)Nc1cc(S(=O)(=O)N2CCOCC2)ccc1N1CCCC1. The molecule has 3 saturated heterocycles. The van der Waals surface area contributed by atoms with Crippen molar-refractivity contribution in [1.82, 2.24) is 9.21 Å². The normalized spacial score (nSPS) is 26.9. The Hall–Kier alpha value is -1.68. The molecule has 9 heteroatoms. The molecule has 0 aromatic heterocycles. The Morgan fingerprint density at radius 1 is 0.941 bits per heavy atom. The van der Waals surface area contributed by atoms with E-state index in [1.54, 1.807) is 12.1 Å². The van der Waals surface area contributed by atoms with Gasteiger partial charge in [-0.3, -0.25) is 9.69 Å². The lowest BCUT2D eigenvalue weighted by Gasteiger charge is -2.41. The van der Waals surface area contributed by atoms with Crippen LogP contribution in [0, 0.1) is 11.8 Å². The summed E-state index contributed by atoms with van der Waals surface area (Å²) >= 11 is 0. The highest BCUT2D eigenvalue weighted by Gasteiger charge is 2.32. The van der Waals surface area contributed by atoms with E-state index in [0.29, 0.717) is 38.5 Å². The highest BCUT2D eigenvalue weighted by molar-refractivity contribution is 7.89. The van der Waals surface area contributed by atoms with Crippen molar-refractivity contribution >= 4 is 27.3 Å². The van der Waals surface area contributed by atoms with Gasteiger partial charge in [0.15, 0.2) is 0 Å². The third-order valence-corrected chi connectivity index (χ3v) is 9.93. The number of nitrogens with one attached hydrogen (secondary N) is 1. The van der Waals surface area contributed by atoms with Crippen molar-refractivity contribution in [2.75, 3.05) is 69.2 Å². The van der Waals surface area contributed by atoms with E-state index < -0.39 is 10.0 Å². The van der Waals surface area contributed by atoms with E-state index in [-0.39, 0.29) is 10.8 Å². The van der Waals surface area contributed by atoms with Gasteiger partial charge in [-0.15, -0.1) is 0 Å². The van der Waals surface area contributed by atoms with Gasteiger partial charge in [-0.05, 0) is 62.3 Å². The molecule has 0 bridgehead atoms. The quantitative estimate of drug-likeness (QED) is 0.660. The largest absolute Gasteiger partial charge is 0.379 e. The summed E-state index contributed by atoms with van der Waals surface area (Å²) < 4.78 is 33.3. The number of carbonyl (C=O) groups excluding carboxylic acids is 1. The molecule has 2 atom stereocenters. The van der Waals surface area contributed by atoms with Crippen molar-refractivity contribution in [3.05, 3.63) is 18.2 Å². The number of hydrogen-bond acceptors (Lipinski definition) is 6. The zero-order valence-corrected chi connectivity index (χ0v) is 20.9. The second kappa shape index (κ2) is 10.5. The average molecular weight is 491 g/mol. The maximum absolute atomic E-state index is 13.2. The number of nitrogens with zero attached hydrogens (tertiary/aromatic N) is 3. The average Bonchev–Trinajstić information content (AvgIpc) is 3.39. The van der Waals surface area contributed by atoms with Crippen LogP contribution in [0.15, 0.2) is 23.1 Å². The van der Waals surface area contributed by atoms with Gasteiger partial charge in [0.2, 0.25) is 15.9 Å². The minimum Gasteiger partial charge on any atom is -0.379 e. The van der Waals surface area contributed by atoms with Gasteiger partial charge in [0.1, 0.15) is 0 Å². The van der Waals surface area contributed by atoms with Gasteiger partial charge in [0, 0.05) is 32.7 Å². The van der Waals surface area contributed by atoms with Gasteiger partial charge >= 0.3 is 0 Å². The van der Waals surface area contributed by atoms with E-state index in [9.17, 15) is 13.2 Å². The molecule has 8 nitrogen and oxygen atoms in total. The molecule has 5 rings (SSSR count). The lowest BCUT2D eigenvalue weighted by molar-refractivity contribution is -0.118. The Labute approximate surface area is 203 Å². The first-order chi connectivity index (χ1) is 16.5. The Morgan fingerprint density at radius 3 is 2.44 bits per heavy atom. The number of piperidine rings is 1. The fraction of sp³-hybridized carbons (Fsp3) is 0.720. The summed E-state index contributed by atoms with van der Waals surface area (Å²) in [7, 11) is -3.63. The van der Waals surface area contributed by atoms with Crippen LogP contribution in [-0.2, 0) is 19.6 Å². The van der Waals surface area contributed by atoms with Crippen molar-refractivity contribution in [2.24, 2.45) is 11.8 Å². The molecule has 0 unspecified atom stereocenters.